The van der Waals surface area contributed by atoms with E-state index in [2.05, 4.69) is 6.58 Å². The first-order valence-electron chi connectivity index (χ1n) is 4.49. The van der Waals surface area contributed by atoms with Crippen LogP contribution in [0.1, 0.15) is 13.3 Å². The Kier molecular flexibility index (Phi) is 3.88. The molecule has 0 aromatic heterocycles. The molecule has 4 atom stereocenters. The maximum absolute atomic E-state index is 9.41. The molecule has 1 rings (SSSR count). The largest absolute Gasteiger partial charge is 0.470 e. The Morgan fingerprint density at radius 2 is 2.21 bits per heavy atom. The highest BCUT2D eigenvalue weighted by Gasteiger charge is 2.37. The molecule has 0 aromatic rings. The Hall–Kier alpha value is -0.620. The topological polar surface area (TPSA) is 79.2 Å². The van der Waals surface area contributed by atoms with Crippen molar-refractivity contribution in [1.82, 2.24) is 0 Å². The zero-order valence-corrected chi connectivity index (χ0v) is 8.09. The Bertz CT molecular complexity index is 205. The SMILES string of the molecule is C=C(C)OC1CC(O)C(O)C(CO)O1. The molecule has 5 heteroatoms. The molecule has 0 bridgehead atoms. The monoisotopic (exact) mass is 204 g/mol. The minimum Gasteiger partial charge on any atom is -0.470 e. The number of rotatable bonds is 3. The van der Waals surface area contributed by atoms with Crippen LogP contribution >= 0.6 is 0 Å². The van der Waals surface area contributed by atoms with Gasteiger partial charge in [-0.15, -0.1) is 0 Å². The number of hydrogen-bond donors (Lipinski definition) is 3. The van der Waals surface area contributed by atoms with Crippen molar-refractivity contribution in [3.63, 3.8) is 0 Å². The lowest BCUT2D eigenvalue weighted by atomic mass is 10.0. The lowest BCUT2D eigenvalue weighted by Gasteiger charge is -2.36. The Morgan fingerprint density at radius 1 is 1.57 bits per heavy atom. The molecule has 82 valence electrons. The van der Waals surface area contributed by atoms with Gasteiger partial charge >= 0.3 is 0 Å². The number of aliphatic hydroxyl groups is 3. The minimum absolute atomic E-state index is 0.171. The van der Waals surface area contributed by atoms with Gasteiger partial charge in [0.1, 0.15) is 12.2 Å². The second-order valence-electron chi connectivity index (χ2n) is 3.40. The van der Waals surface area contributed by atoms with Crippen LogP contribution in [0.2, 0.25) is 0 Å². The zero-order chi connectivity index (χ0) is 10.7. The van der Waals surface area contributed by atoms with E-state index in [1.54, 1.807) is 6.92 Å². The second-order valence-corrected chi connectivity index (χ2v) is 3.40. The molecular formula is C9H16O5. The average molecular weight is 204 g/mol. The fourth-order valence-electron chi connectivity index (χ4n) is 1.37. The van der Waals surface area contributed by atoms with Gasteiger partial charge in [-0.1, -0.05) is 6.58 Å². The van der Waals surface area contributed by atoms with Crippen LogP contribution < -0.4 is 0 Å². The van der Waals surface area contributed by atoms with E-state index < -0.39 is 24.6 Å². The Labute approximate surface area is 82.6 Å². The molecule has 5 nitrogen and oxygen atoms in total. The van der Waals surface area contributed by atoms with Crippen molar-refractivity contribution < 1.29 is 24.8 Å². The first-order valence-corrected chi connectivity index (χ1v) is 4.49. The van der Waals surface area contributed by atoms with Crippen molar-refractivity contribution in [2.75, 3.05) is 6.61 Å². The second kappa shape index (κ2) is 4.75. The van der Waals surface area contributed by atoms with Crippen LogP contribution in [0.5, 0.6) is 0 Å². The number of ether oxygens (including phenoxy) is 2. The van der Waals surface area contributed by atoms with E-state index in [0.29, 0.717) is 5.76 Å². The Morgan fingerprint density at radius 3 is 2.71 bits per heavy atom. The first kappa shape index (κ1) is 11.5. The minimum atomic E-state index is -1.06. The summed E-state index contributed by atoms with van der Waals surface area (Å²) >= 11 is 0. The molecule has 1 heterocycles. The summed E-state index contributed by atoms with van der Waals surface area (Å²) in [4.78, 5) is 0. The predicted octanol–water partition coefficient (Wildman–Crippen LogP) is -0.634. The van der Waals surface area contributed by atoms with E-state index in [1.807, 2.05) is 0 Å². The summed E-state index contributed by atoms with van der Waals surface area (Å²) in [5.41, 5.74) is 0. The molecule has 14 heavy (non-hydrogen) atoms. The van der Waals surface area contributed by atoms with Crippen LogP contribution in [0.3, 0.4) is 0 Å². The van der Waals surface area contributed by atoms with Gasteiger partial charge in [0.2, 0.25) is 6.29 Å². The maximum Gasteiger partial charge on any atom is 0.202 e. The number of hydrogen-bond acceptors (Lipinski definition) is 5. The fraction of sp³-hybridized carbons (Fsp3) is 0.778. The lowest BCUT2D eigenvalue weighted by Crippen LogP contribution is -2.50. The first-order chi connectivity index (χ1) is 6.54. The van der Waals surface area contributed by atoms with Crippen LogP contribution in [0.25, 0.3) is 0 Å². The van der Waals surface area contributed by atoms with Crippen molar-refractivity contribution in [1.29, 1.82) is 0 Å². The highest BCUT2D eigenvalue weighted by Crippen LogP contribution is 2.22. The van der Waals surface area contributed by atoms with Crippen molar-refractivity contribution >= 4 is 0 Å². The van der Waals surface area contributed by atoms with E-state index in [1.165, 1.54) is 0 Å². The van der Waals surface area contributed by atoms with Crippen LogP contribution in [0.4, 0.5) is 0 Å². The summed E-state index contributed by atoms with van der Waals surface area (Å²) in [6.07, 6.45) is -3.29. The molecule has 1 saturated heterocycles. The molecule has 1 fully saturated rings. The normalized spacial score (nSPS) is 38.0. The average Bonchev–Trinajstić information content (AvgIpc) is 2.10. The van der Waals surface area contributed by atoms with E-state index in [9.17, 15) is 10.2 Å². The van der Waals surface area contributed by atoms with Crippen molar-refractivity contribution in [2.24, 2.45) is 0 Å². The van der Waals surface area contributed by atoms with Gasteiger partial charge < -0.3 is 24.8 Å². The van der Waals surface area contributed by atoms with E-state index in [4.69, 9.17) is 14.6 Å². The standard InChI is InChI=1S/C9H16O5/c1-5(2)13-8-3-6(11)9(12)7(4-10)14-8/h6-12H,1,3-4H2,2H3. The summed E-state index contributed by atoms with van der Waals surface area (Å²) in [7, 11) is 0. The molecular weight excluding hydrogens is 188 g/mol. The molecule has 0 amide bonds. The number of allylic oxidation sites excluding steroid dienone is 1. The lowest BCUT2D eigenvalue weighted by molar-refractivity contribution is -0.245. The van der Waals surface area contributed by atoms with Gasteiger partial charge in [0, 0.05) is 6.42 Å². The van der Waals surface area contributed by atoms with Crippen molar-refractivity contribution in [2.45, 2.75) is 37.9 Å². The quantitative estimate of drug-likeness (QED) is 0.533. The van der Waals surface area contributed by atoms with Gasteiger partial charge in [-0.3, -0.25) is 0 Å². The maximum atomic E-state index is 9.41. The summed E-state index contributed by atoms with van der Waals surface area (Å²) in [6, 6.07) is 0. The summed E-state index contributed by atoms with van der Waals surface area (Å²) in [6.45, 7) is 4.84. The van der Waals surface area contributed by atoms with Gasteiger partial charge in [0.15, 0.2) is 0 Å². The fourth-order valence-corrected chi connectivity index (χ4v) is 1.37. The number of aliphatic hydroxyl groups excluding tert-OH is 3. The van der Waals surface area contributed by atoms with Gasteiger partial charge in [0.05, 0.1) is 18.5 Å². The molecule has 0 aromatic carbocycles. The van der Waals surface area contributed by atoms with Crippen LogP contribution in [-0.2, 0) is 9.47 Å². The van der Waals surface area contributed by atoms with Gasteiger partial charge in [-0.05, 0) is 6.92 Å². The molecule has 1 aliphatic heterocycles. The summed E-state index contributed by atoms with van der Waals surface area (Å²) < 4.78 is 10.3. The predicted molar refractivity (Wildman–Crippen MR) is 48.3 cm³/mol. The van der Waals surface area contributed by atoms with Gasteiger partial charge in [0.25, 0.3) is 0 Å². The highest BCUT2D eigenvalue weighted by molar-refractivity contribution is 4.84. The van der Waals surface area contributed by atoms with Crippen molar-refractivity contribution in [3.8, 4) is 0 Å². The molecule has 4 unspecified atom stereocenters. The van der Waals surface area contributed by atoms with Crippen LogP contribution in [0, 0.1) is 0 Å². The van der Waals surface area contributed by atoms with E-state index in [0.717, 1.165) is 0 Å². The smallest absolute Gasteiger partial charge is 0.202 e. The van der Waals surface area contributed by atoms with Crippen molar-refractivity contribution in [3.05, 3.63) is 12.3 Å². The molecule has 0 spiro atoms. The van der Waals surface area contributed by atoms with Crippen LogP contribution in [0.15, 0.2) is 12.3 Å². The van der Waals surface area contributed by atoms with E-state index >= 15 is 0 Å². The zero-order valence-electron chi connectivity index (χ0n) is 8.09. The van der Waals surface area contributed by atoms with E-state index in [-0.39, 0.29) is 13.0 Å². The molecule has 0 aliphatic carbocycles. The molecule has 0 radical (unpaired) electrons. The van der Waals surface area contributed by atoms with Crippen LogP contribution in [-0.4, -0.2) is 46.5 Å². The molecule has 0 saturated carbocycles. The van der Waals surface area contributed by atoms with Gasteiger partial charge in [-0.2, -0.15) is 0 Å². The molecule has 3 N–H and O–H groups in total. The Balaban J connectivity index is 2.53. The summed E-state index contributed by atoms with van der Waals surface area (Å²) in [5, 5.41) is 27.6. The third kappa shape index (κ3) is 2.68. The third-order valence-electron chi connectivity index (χ3n) is 2.05. The highest BCUT2D eigenvalue weighted by atomic mass is 16.7. The summed E-state index contributed by atoms with van der Waals surface area (Å²) in [5.74, 6) is 0.468. The van der Waals surface area contributed by atoms with Gasteiger partial charge in [-0.25, -0.2) is 0 Å². The molecule has 1 aliphatic rings. The third-order valence-corrected chi connectivity index (χ3v) is 2.05.